The van der Waals surface area contributed by atoms with E-state index in [0.29, 0.717) is 0 Å². The van der Waals surface area contributed by atoms with Crippen LogP contribution in [0.25, 0.3) is 0 Å². The van der Waals surface area contributed by atoms with Crippen molar-refractivity contribution in [2.75, 3.05) is 13.1 Å². The van der Waals surface area contributed by atoms with Crippen molar-refractivity contribution in [3.8, 4) is 0 Å². The van der Waals surface area contributed by atoms with E-state index in [-0.39, 0.29) is 0 Å². The minimum absolute atomic E-state index is 0.748. The summed E-state index contributed by atoms with van der Waals surface area (Å²) in [7, 11) is 0. The molecule has 1 aromatic rings. The number of thiophene rings is 1. The summed E-state index contributed by atoms with van der Waals surface area (Å²) in [6.07, 6.45) is 0. The first-order valence-electron chi connectivity index (χ1n) is 5.07. The predicted molar refractivity (Wildman–Crippen MR) is 67.8 cm³/mol. The van der Waals surface area contributed by atoms with Crippen LogP contribution in [0.3, 0.4) is 0 Å². The molecule has 1 heterocycles. The molecular weight excluding hydrogens is 258 g/mol. The first-order chi connectivity index (χ1) is 6.61. The highest BCUT2D eigenvalue weighted by Gasteiger charge is 2.07. The molecule has 0 unspecified atom stereocenters. The summed E-state index contributed by atoms with van der Waals surface area (Å²) in [6, 6.07) is 2.22. The van der Waals surface area contributed by atoms with Crippen LogP contribution in [0.1, 0.15) is 25.6 Å². The van der Waals surface area contributed by atoms with Gasteiger partial charge in [0.05, 0.1) is 0 Å². The normalized spacial score (nSPS) is 11.6. The maximum Gasteiger partial charge on any atom is 0.0328 e. The number of hydrogen-bond donors (Lipinski definition) is 0. The van der Waals surface area contributed by atoms with Crippen molar-refractivity contribution < 1.29 is 0 Å². The summed E-state index contributed by atoms with van der Waals surface area (Å²) in [6.45, 7) is 10.2. The average Bonchev–Trinajstić information content (AvgIpc) is 2.49. The van der Waals surface area contributed by atoms with Crippen LogP contribution in [0.15, 0.2) is 15.9 Å². The largest absolute Gasteiger partial charge is 0.298 e. The molecule has 0 aliphatic carbocycles. The van der Waals surface area contributed by atoms with Gasteiger partial charge in [0, 0.05) is 27.8 Å². The van der Waals surface area contributed by atoms with Gasteiger partial charge in [0.15, 0.2) is 0 Å². The predicted octanol–water partition coefficient (Wildman–Crippen LogP) is 3.99. The quantitative estimate of drug-likeness (QED) is 0.786. The van der Waals surface area contributed by atoms with E-state index < -0.39 is 0 Å². The molecule has 0 amide bonds. The number of rotatable bonds is 5. The molecule has 0 fully saturated rings. The minimum atomic E-state index is 0.748. The van der Waals surface area contributed by atoms with Crippen LogP contribution in [0.5, 0.6) is 0 Å². The lowest BCUT2D eigenvalue weighted by atomic mass is 10.2. The second-order valence-corrected chi connectivity index (χ2v) is 5.86. The van der Waals surface area contributed by atoms with Crippen LogP contribution in [0.4, 0.5) is 0 Å². The van der Waals surface area contributed by atoms with Crippen molar-refractivity contribution in [2.24, 2.45) is 5.92 Å². The van der Waals surface area contributed by atoms with E-state index in [9.17, 15) is 0 Å². The monoisotopic (exact) mass is 275 g/mol. The number of nitrogens with zero attached hydrogens (tertiary/aromatic N) is 1. The Morgan fingerprint density at radius 2 is 2.21 bits per heavy atom. The zero-order chi connectivity index (χ0) is 10.6. The van der Waals surface area contributed by atoms with Crippen LogP contribution in [0.2, 0.25) is 0 Å². The van der Waals surface area contributed by atoms with Crippen LogP contribution in [-0.2, 0) is 6.54 Å². The van der Waals surface area contributed by atoms with Crippen LogP contribution in [-0.4, -0.2) is 18.0 Å². The van der Waals surface area contributed by atoms with Crippen LogP contribution < -0.4 is 0 Å². The van der Waals surface area contributed by atoms with Gasteiger partial charge >= 0.3 is 0 Å². The van der Waals surface area contributed by atoms with Crippen molar-refractivity contribution in [3.05, 3.63) is 20.8 Å². The van der Waals surface area contributed by atoms with Crippen molar-refractivity contribution in [3.63, 3.8) is 0 Å². The lowest BCUT2D eigenvalue weighted by molar-refractivity contribution is 0.250. The Bertz CT molecular complexity index is 270. The smallest absolute Gasteiger partial charge is 0.0328 e. The first kappa shape index (κ1) is 12.2. The van der Waals surface area contributed by atoms with Gasteiger partial charge in [-0.1, -0.05) is 20.8 Å². The highest BCUT2D eigenvalue weighted by atomic mass is 79.9. The summed E-state index contributed by atoms with van der Waals surface area (Å²) in [5.74, 6) is 0.748. The van der Waals surface area contributed by atoms with E-state index in [0.717, 1.165) is 19.0 Å². The van der Waals surface area contributed by atoms with E-state index >= 15 is 0 Å². The van der Waals surface area contributed by atoms with Crippen LogP contribution in [0, 0.1) is 5.92 Å². The summed E-state index contributed by atoms with van der Waals surface area (Å²) < 4.78 is 1.21. The van der Waals surface area contributed by atoms with Crippen molar-refractivity contribution in [1.29, 1.82) is 0 Å². The molecule has 0 bridgehead atoms. The Morgan fingerprint density at radius 3 is 2.64 bits per heavy atom. The van der Waals surface area contributed by atoms with Crippen molar-refractivity contribution in [2.45, 2.75) is 27.3 Å². The van der Waals surface area contributed by atoms with Gasteiger partial charge in [0.2, 0.25) is 0 Å². The molecule has 0 N–H and O–H groups in total. The highest BCUT2D eigenvalue weighted by molar-refractivity contribution is 9.10. The molecule has 0 aromatic carbocycles. The Hall–Kier alpha value is 0.140. The van der Waals surface area contributed by atoms with Crippen LogP contribution >= 0.6 is 27.3 Å². The Morgan fingerprint density at radius 1 is 1.50 bits per heavy atom. The molecule has 14 heavy (non-hydrogen) atoms. The lowest BCUT2D eigenvalue weighted by Gasteiger charge is -2.21. The number of halogens is 1. The Kier molecular flexibility index (Phi) is 5.13. The van der Waals surface area contributed by atoms with Gasteiger partial charge in [0.1, 0.15) is 0 Å². The first-order valence-corrected chi connectivity index (χ1v) is 6.74. The SMILES string of the molecule is CCN(Cc1cc(Br)cs1)CC(C)C. The summed E-state index contributed by atoms with van der Waals surface area (Å²) >= 11 is 5.32. The van der Waals surface area contributed by atoms with E-state index in [1.165, 1.54) is 15.9 Å². The zero-order valence-corrected chi connectivity index (χ0v) is 11.5. The fraction of sp³-hybridized carbons (Fsp3) is 0.636. The Balaban J connectivity index is 2.48. The van der Waals surface area contributed by atoms with Crippen molar-refractivity contribution in [1.82, 2.24) is 4.90 Å². The molecular formula is C11H18BrNS. The molecule has 0 saturated carbocycles. The van der Waals surface area contributed by atoms with Gasteiger partial charge in [0.25, 0.3) is 0 Å². The molecule has 80 valence electrons. The van der Waals surface area contributed by atoms with E-state index in [4.69, 9.17) is 0 Å². The second kappa shape index (κ2) is 5.89. The second-order valence-electron chi connectivity index (χ2n) is 3.95. The molecule has 1 nitrogen and oxygen atoms in total. The molecule has 0 radical (unpaired) electrons. The molecule has 0 aliphatic heterocycles. The molecule has 0 spiro atoms. The van der Waals surface area contributed by atoms with Crippen molar-refractivity contribution >= 4 is 27.3 Å². The summed E-state index contributed by atoms with van der Waals surface area (Å²) in [4.78, 5) is 3.93. The molecule has 0 saturated heterocycles. The van der Waals surface area contributed by atoms with E-state index in [1.807, 2.05) is 11.3 Å². The molecule has 3 heteroatoms. The lowest BCUT2D eigenvalue weighted by Crippen LogP contribution is -2.26. The third kappa shape index (κ3) is 4.11. The molecule has 1 rings (SSSR count). The molecule has 1 aromatic heterocycles. The fourth-order valence-electron chi connectivity index (χ4n) is 1.48. The van der Waals surface area contributed by atoms with E-state index in [2.05, 4.69) is 53.0 Å². The number of hydrogen-bond acceptors (Lipinski definition) is 2. The third-order valence-electron chi connectivity index (χ3n) is 2.07. The molecule has 0 aliphatic rings. The van der Waals surface area contributed by atoms with Gasteiger partial charge in [-0.2, -0.15) is 0 Å². The fourth-order valence-corrected chi connectivity index (χ4v) is 2.97. The van der Waals surface area contributed by atoms with Gasteiger partial charge in [-0.3, -0.25) is 4.90 Å². The maximum absolute atomic E-state index is 3.49. The topological polar surface area (TPSA) is 3.24 Å². The zero-order valence-electron chi connectivity index (χ0n) is 9.09. The van der Waals surface area contributed by atoms with E-state index in [1.54, 1.807) is 0 Å². The summed E-state index contributed by atoms with van der Waals surface area (Å²) in [5, 5.41) is 2.15. The minimum Gasteiger partial charge on any atom is -0.298 e. The third-order valence-corrected chi connectivity index (χ3v) is 3.75. The maximum atomic E-state index is 3.49. The molecule has 0 atom stereocenters. The average molecular weight is 276 g/mol. The van der Waals surface area contributed by atoms with Gasteiger partial charge < -0.3 is 0 Å². The van der Waals surface area contributed by atoms with Gasteiger partial charge in [-0.25, -0.2) is 0 Å². The Labute approximate surface area is 99.3 Å². The standard InChI is InChI=1S/C11H18BrNS/c1-4-13(6-9(2)3)7-11-5-10(12)8-14-11/h5,8-9H,4,6-7H2,1-3H3. The van der Waals surface area contributed by atoms with Gasteiger partial charge in [-0.15, -0.1) is 11.3 Å². The summed E-state index contributed by atoms with van der Waals surface area (Å²) in [5.41, 5.74) is 0. The van der Waals surface area contributed by atoms with Gasteiger partial charge in [-0.05, 0) is 34.5 Å². The highest BCUT2D eigenvalue weighted by Crippen LogP contribution is 2.21.